The van der Waals surface area contributed by atoms with Gasteiger partial charge >= 0.3 is 0 Å². The van der Waals surface area contributed by atoms with Crippen LogP contribution in [0.2, 0.25) is 10.0 Å². The molecule has 0 saturated heterocycles. The summed E-state index contributed by atoms with van der Waals surface area (Å²) in [5.41, 5.74) is 1.94. The van der Waals surface area contributed by atoms with Crippen molar-refractivity contribution >= 4 is 50.7 Å². The molecule has 1 N–H and O–H groups in total. The van der Waals surface area contributed by atoms with Gasteiger partial charge in [-0.3, -0.25) is 13.9 Å². The third-order valence-corrected chi connectivity index (χ3v) is 8.89. The predicted molar refractivity (Wildman–Crippen MR) is 154 cm³/mol. The average Bonchev–Trinajstić information content (AvgIpc) is 2.88. The first-order valence-corrected chi connectivity index (χ1v) is 15.7. The van der Waals surface area contributed by atoms with Gasteiger partial charge in [-0.1, -0.05) is 74.5 Å². The van der Waals surface area contributed by atoms with Gasteiger partial charge in [0.05, 0.1) is 11.9 Å². The van der Waals surface area contributed by atoms with Gasteiger partial charge in [0.15, 0.2) is 0 Å². The van der Waals surface area contributed by atoms with Crippen molar-refractivity contribution < 1.29 is 18.0 Å². The summed E-state index contributed by atoms with van der Waals surface area (Å²) >= 11 is 12.9. The summed E-state index contributed by atoms with van der Waals surface area (Å²) in [6.45, 7) is 3.35. The van der Waals surface area contributed by atoms with Gasteiger partial charge in [0.2, 0.25) is 21.8 Å². The molecule has 1 fully saturated rings. The molecule has 3 rings (SSSR count). The zero-order valence-electron chi connectivity index (χ0n) is 22.3. The minimum absolute atomic E-state index is 0.0275. The third kappa shape index (κ3) is 7.87. The molecule has 1 aliphatic rings. The van der Waals surface area contributed by atoms with E-state index < -0.39 is 28.5 Å². The number of amides is 2. The second kappa shape index (κ2) is 13.7. The van der Waals surface area contributed by atoms with Gasteiger partial charge in [-0.05, 0) is 55.5 Å². The molecule has 208 valence electrons. The highest BCUT2D eigenvalue weighted by atomic mass is 35.5. The van der Waals surface area contributed by atoms with Crippen LogP contribution in [0.3, 0.4) is 0 Å². The molecule has 1 atom stereocenters. The second-order valence-corrected chi connectivity index (χ2v) is 12.5. The fourth-order valence-electron chi connectivity index (χ4n) is 4.83. The first kappa shape index (κ1) is 30.3. The van der Waals surface area contributed by atoms with Crippen LogP contribution < -0.4 is 9.62 Å². The maximum Gasteiger partial charge on any atom is 0.244 e. The van der Waals surface area contributed by atoms with E-state index in [2.05, 4.69) is 5.32 Å². The van der Waals surface area contributed by atoms with Gasteiger partial charge in [-0.25, -0.2) is 8.42 Å². The summed E-state index contributed by atoms with van der Waals surface area (Å²) in [6, 6.07) is 11.4. The molecule has 1 saturated carbocycles. The lowest BCUT2D eigenvalue weighted by molar-refractivity contribution is -0.140. The van der Waals surface area contributed by atoms with Crippen LogP contribution in [0.4, 0.5) is 5.69 Å². The Labute approximate surface area is 236 Å². The van der Waals surface area contributed by atoms with Crippen molar-refractivity contribution in [2.75, 3.05) is 17.1 Å². The molecule has 0 unspecified atom stereocenters. The number of hydrogen-bond donors (Lipinski definition) is 1. The number of anilines is 1. The van der Waals surface area contributed by atoms with Crippen molar-refractivity contribution in [3.05, 3.63) is 63.6 Å². The summed E-state index contributed by atoms with van der Waals surface area (Å²) < 4.78 is 26.6. The number of rotatable bonds is 11. The number of carbonyl (C=O) groups excluding carboxylic acids is 2. The van der Waals surface area contributed by atoms with Gasteiger partial charge in [0.25, 0.3) is 0 Å². The topological polar surface area (TPSA) is 86.8 Å². The van der Waals surface area contributed by atoms with Crippen LogP contribution in [0.5, 0.6) is 0 Å². The van der Waals surface area contributed by atoms with Crippen LogP contribution >= 0.6 is 23.2 Å². The van der Waals surface area contributed by atoms with E-state index in [0.717, 1.165) is 54.6 Å². The van der Waals surface area contributed by atoms with Crippen LogP contribution in [-0.2, 0) is 32.6 Å². The molecule has 7 nitrogen and oxygen atoms in total. The molecule has 2 aromatic carbocycles. The number of nitrogens with one attached hydrogen (secondary N) is 1. The Balaban J connectivity index is 1.95. The quantitative estimate of drug-likeness (QED) is 0.375. The maximum absolute atomic E-state index is 13.9. The van der Waals surface area contributed by atoms with Gasteiger partial charge in [-0.2, -0.15) is 0 Å². The van der Waals surface area contributed by atoms with E-state index in [-0.39, 0.29) is 18.5 Å². The van der Waals surface area contributed by atoms with Gasteiger partial charge in [0, 0.05) is 28.2 Å². The van der Waals surface area contributed by atoms with E-state index in [0.29, 0.717) is 27.7 Å². The lowest BCUT2D eigenvalue weighted by Gasteiger charge is -2.34. The molecule has 0 radical (unpaired) electrons. The van der Waals surface area contributed by atoms with Crippen LogP contribution in [0.1, 0.15) is 63.5 Å². The Kier molecular flexibility index (Phi) is 10.9. The number of halogens is 2. The summed E-state index contributed by atoms with van der Waals surface area (Å²) in [4.78, 5) is 28.7. The fourth-order valence-corrected chi connectivity index (χ4v) is 6.20. The first-order valence-electron chi connectivity index (χ1n) is 13.1. The van der Waals surface area contributed by atoms with E-state index >= 15 is 0 Å². The van der Waals surface area contributed by atoms with Crippen molar-refractivity contribution in [2.45, 2.75) is 77.4 Å². The molecule has 0 aromatic heterocycles. The SMILES string of the molecule is CCc1ccc(N(CC(=O)N(Cc2c(Cl)cccc2Cl)[C@@H](CC)C(=O)NC2CCCCC2)S(C)(=O)=O)cc1. The number of carbonyl (C=O) groups is 2. The highest BCUT2D eigenvalue weighted by molar-refractivity contribution is 7.92. The normalized spacial score (nSPS) is 15.1. The molecule has 2 amide bonds. The highest BCUT2D eigenvalue weighted by Crippen LogP contribution is 2.28. The summed E-state index contributed by atoms with van der Waals surface area (Å²) in [7, 11) is -3.80. The second-order valence-electron chi connectivity index (χ2n) is 9.78. The minimum Gasteiger partial charge on any atom is -0.352 e. The van der Waals surface area contributed by atoms with E-state index in [1.165, 1.54) is 4.90 Å². The zero-order chi connectivity index (χ0) is 27.9. The van der Waals surface area contributed by atoms with Crippen LogP contribution in [0.25, 0.3) is 0 Å². The molecule has 10 heteroatoms. The number of aryl methyl sites for hydroxylation is 1. The van der Waals surface area contributed by atoms with E-state index in [1.807, 2.05) is 26.0 Å². The number of benzene rings is 2. The van der Waals surface area contributed by atoms with Crippen molar-refractivity contribution in [1.29, 1.82) is 0 Å². The minimum atomic E-state index is -3.80. The number of sulfonamides is 1. The molecular weight excluding hydrogens is 545 g/mol. The molecule has 0 spiro atoms. The Morgan fingerprint density at radius 2 is 1.61 bits per heavy atom. The lowest BCUT2D eigenvalue weighted by Crippen LogP contribution is -2.54. The highest BCUT2D eigenvalue weighted by Gasteiger charge is 2.33. The fraction of sp³-hybridized carbons (Fsp3) is 0.500. The van der Waals surface area contributed by atoms with Crippen molar-refractivity contribution in [3.8, 4) is 0 Å². The van der Waals surface area contributed by atoms with Crippen molar-refractivity contribution in [1.82, 2.24) is 10.2 Å². The molecule has 0 aliphatic heterocycles. The smallest absolute Gasteiger partial charge is 0.244 e. The van der Waals surface area contributed by atoms with E-state index in [4.69, 9.17) is 23.2 Å². The summed E-state index contributed by atoms with van der Waals surface area (Å²) in [5, 5.41) is 3.85. The average molecular weight is 583 g/mol. The standard InChI is InChI=1S/C28H37Cl2N3O4S/c1-4-20-14-16-22(17-15-20)33(38(3,36)37)19-27(34)32(18-23-24(29)12-9-13-25(23)30)26(5-2)28(35)31-21-10-7-6-8-11-21/h9,12-17,21,26H,4-8,10-11,18-19H2,1-3H3,(H,31,35)/t26-/m0/s1. The number of nitrogens with zero attached hydrogens (tertiary/aromatic N) is 2. The largest absolute Gasteiger partial charge is 0.352 e. The summed E-state index contributed by atoms with van der Waals surface area (Å²) in [6.07, 6.45) is 7.29. The molecule has 0 bridgehead atoms. The van der Waals surface area contributed by atoms with Crippen LogP contribution in [0, 0.1) is 0 Å². The molecule has 1 aliphatic carbocycles. The van der Waals surface area contributed by atoms with Crippen LogP contribution in [-0.4, -0.2) is 50.0 Å². The molecule has 2 aromatic rings. The maximum atomic E-state index is 13.9. The molecule has 0 heterocycles. The van der Waals surface area contributed by atoms with E-state index in [9.17, 15) is 18.0 Å². The third-order valence-electron chi connectivity index (χ3n) is 7.04. The van der Waals surface area contributed by atoms with E-state index in [1.54, 1.807) is 30.3 Å². The molecule has 38 heavy (non-hydrogen) atoms. The summed E-state index contributed by atoms with van der Waals surface area (Å²) in [5.74, 6) is -0.772. The van der Waals surface area contributed by atoms with Crippen LogP contribution in [0.15, 0.2) is 42.5 Å². The van der Waals surface area contributed by atoms with Gasteiger partial charge < -0.3 is 10.2 Å². The number of hydrogen-bond acceptors (Lipinski definition) is 4. The first-order chi connectivity index (χ1) is 18.0. The van der Waals surface area contributed by atoms with Gasteiger partial charge in [0.1, 0.15) is 12.6 Å². The zero-order valence-corrected chi connectivity index (χ0v) is 24.6. The molecular formula is C28H37Cl2N3O4S. The Morgan fingerprint density at radius 1 is 1.00 bits per heavy atom. The lowest BCUT2D eigenvalue weighted by atomic mass is 9.95. The van der Waals surface area contributed by atoms with Crippen molar-refractivity contribution in [2.24, 2.45) is 0 Å². The Morgan fingerprint density at radius 3 is 2.13 bits per heavy atom. The Hall–Kier alpha value is -2.29. The van der Waals surface area contributed by atoms with Crippen molar-refractivity contribution in [3.63, 3.8) is 0 Å². The Bertz CT molecular complexity index is 1190. The predicted octanol–water partition coefficient (Wildman–Crippen LogP) is 5.58. The monoisotopic (exact) mass is 581 g/mol. The van der Waals surface area contributed by atoms with Gasteiger partial charge in [-0.15, -0.1) is 0 Å².